The SMILES string of the molecule is CNc1cc2nc3c(cnn13)C(=O)NCCn1cc(cn1)N2. The van der Waals surface area contributed by atoms with Crippen molar-refractivity contribution in [1.29, 1.82) is 0 Å². The smallest absolute Gasteiger partial charge is 0.256 e. The second kappa shape index (κ2) is 4.72. The summed E-state index contributed by atoms with van der Waals surface area (Å²) >= 11 is 0. The monoisotopic (exact) mass is 298 g/mol. The van der Waals surface area contributed by atoms with Gasteiger partial charge in [-0.3, -0.25) is 9.48 Å². The minimum Gasteiger partial charge on any atom is -0.373 e. The van der Waals surface area contributed by atoms with E-state index in [1.807, 2.05) is 12.3 Å². The van der Waals surface area contributed by atoms with Crippen molar-refractivity contribution in [3.05, 3.63) is 30.2 Å². The molecule has 1 aliphatic heterocycles. The summed E-state index contributed by atoms with van der Waals surface area (Å²) in [5, 5.41) is 17.6. The number of carbonyl (C=O) groups is 1. The zero-order valence-electron chi connectivity index (χ0n) is 11.9. The molecule has 0 radical (unpaired) electrons. The van der Waals surface area contributed by atoms with Crippen LogP contribution in [0, 0.1) is 0 Å². The average Bonchev–Trinajstić information content (AvgIpc) is 3.12. The van der Waals surface area contributed by atoms with Crippen molar-refractivity contribution in [2.24, 2.45) is 0 Å². The van der Waals surface area contributed by atoms with E-state index >= 15 is 0 Å². The van der Waals surface area contributed by atoms with E-state index in [1.165, 1.54) is 6.20 Å². The van der Waals surface area contributed by atoms with E-state index in [1.54, 1.807) is 22.4 Å². The van der Waals surface area contributed by atoms with E-state index in [0.29, 0.717) is 30.1 Å². The highest BCUT2D eigenvalue weighted by Crippen LogP contribution is 2.21. The molecular formula is C13H14N8O. The van der Waals surface area contributed by atoms with Gasteiger partial charge in [0.2, 0.25) is 0 Å². The van der Waals surface area contributed by atoms with Crippen LogP contribution in [0.2, 0.25) is 0 Å². The predicted octanol–water partition coefficient (Wildman–Crippen LogP) is 0.454. The fourth-order valence-corrected chi connectivity index (χ4v) is 2.44. The number of carbonyl (C=O) groups excluding carboxylic acids is 1. The minimum atomic E-state index is -0.199. The molecule has 0 unspecified atom stereocenters. The van der Waals surface area contributed by atoms with Crippen molar-refractivity contribution in [2.75, 3.05) is 24.2 Å². The topological polar surface area (TPSA) is 101 Å². The number of fused-ring (bicyclic) bond motifs is 3. The maximum atomic E-state index is 12.3. The summed E-state index contributed by atoms with van der Waals surface area (Å²) < 4.78 is 3.37. The molecule has 3 aromatic heterocycles. The Morgan fingerprint density at radius 2 is 2.23 bits per heavy atom. The van der Waals surface area contributed by atoms with Gasteiger partial charge in [-0.1, -0.05) is 0 Å². The summed E-state index contributed by atoms with van der Waals surface area (Å²) in [6, 6.07) is 1.82. The van der Waals surface area contributed by atoms with Crippen LogP contribution in [-0.4, -0.2) is 43.9 Å². The van der Waals surface area contributed by atoms with Crippen LogP contribution in [0.15, 0.2) is 24.7 Å². The highest BCUT2D eigenvalue weighted by Gasteiger charge is 2.17. The lowest BCUT2D eigenvalue weighted by Gasteiger charge is -2.10. The van der Waals surface area contributed by atoms with Gasteiger partial charge in [0, 0.05) is 25.9 Å². The summed E-state index contributed by atoms with van der Waals surface area (Å²) in [7, 11) is 1.79. The minimum absolute atomic E-state index is 0.199. The Bertz CT molecular complexity index is 864. The number of amides is 1. The van der Waals surface area contributed by atoms with Gasteiger partial charge in [0.05, 0.1) is 24.6 Å². The van der Waals surface area contributed by atoms with E-state index < -0.39 is 0 Å². The first kappa shape index (κ1) is 12.6. The zero-order chi connectivity index (χ0) is 15.1. The second-order valence-corrected chi connectivity index (χ2v) is 4.94. The average molecular weight is 298 g/mol. The van der Waals surface area contributed by atoms with Crippen LogP contribution in [0.3, 0.4) is 0 Å². The summed E-state index contributed by atoms with van der Waals surface area (Å²) in [5.74, 6) is 1.15. The van der Waals surface area contributed by atoms with Gasteiger partial charge in [-0.15, -0.1) is 0 Å². The third-order valence-electron chi connectivity index (χ3n) is 3.50. The molecule has 0 spiro atoms. The fourth-order valence-electron chi connectivity index (χ4n) is 2.44. The molecule has 9 nitrogen and oxygen atoms in total. The Morgan fingerprint density at radius 1 is 1.32 bits per heavy atom. The third-order valence-corrected chi connectivity index (χ3v) is 3.50. The molecule has 0 saturated heterocycles. The Hall–Kier alpha value is -3.10. The van der Waals surface area contributed by atoms with Crippen molar-refractivity contribution in [2.45, 2.75) is 6.54 Å². The quantitative estimate of drug-likeness (QED) is 0.603. The van der Waals surface area contributed by atoms with Crippen LogP contribution in [-0.2, 0) is 6.54 Å². The standard InChI is InChI=1S/C13H14N8O/c1-14-11-4-10-18-8-5-16-20(7-8)3-2-15-13(22)9-6-17-21(11)12(9)19-10/h4-7,14H,2-3H2,1H3,(H,15,22)(H,18,19). The first-order valence-electron chi connectivity index (χ1n) is 6.89. The summed E-state index contributed by atoms with van der Waals surface area (Å²) in [4.78, 5) is 16.8. The van der Waals surface area contributed by atoms with Crippen LogP contribution >= 0.6 is 0 Å². The second-order valence-electron chi connectivity index (χ2n) is 4.94. The molecule has 9 heteroatoms. The van der Waals surface area contributed by atoms with E-state index in [2.05, 4.69) is 31.1 Å². The molecule has 4 heterocycles. The van der Waals surface area contributed by atoms with Crippen molar-refractivity contribution >= 4 is 28.9 Å². The van der Waals surface area contributed by atoms with Gasteiger partial charge in [0.25, 0.3) is 5.91 Å². The summed E-state index contributed by atoms with van der Waals surface area (Å²) in [6.07, 6.45) is 5.12. The molecule has 0 atom stereocenters. The van der Waals surface area contributed by atoms with Crippen LogP contribution in [0.5, 0.6) is 0 Å². The lowest BCUT2D eigenvalue weighted by molar-refractivity contribution is 0.0953. The molecule has 112 valence electrons. The van der Waals surface area contributed by atoms with Crippen molar-refractivity contribution in [1.82, 2.24) is 29.7 Å². The van der Waals surface area contributed by atoms with E-state index in [-0.39, 0.29) is 5.91 Å². The van der Waals surface area contributed by atoms with Gasteiger partial charge in [-0.2, -0.15) is 14.7 Å². The van der Waals surface area contributed by atoms with E-state index in [0.717, 1.165) is 11.5 Å². The number of nitrogens with one attached hydrogen (secondary N) is 3. The zero-order valence-corrected chi connectivity index (χ0v) is 11.9. The Kier molecular flexibility index (Phi) is 2.71. The number of nitrogens with zero attached hydrogens (tertiary/aromatic N) is 5. The third kappa shape index (κ3) is 1.94. The molecule has 1 amide bonds. The lowest BCUT2D eigenvalue weighted by Crippen LogP contribution is -2.27. The van der Waals surface area contributed by atoms with Crippen LogP contribution in [0.4, 0.5) is 17.3 Å². The van der Waals surface area contributed by atoms with Gasteiger partial charge in [0.15, 0.2) is 5.65 Å². The molecule has 1 aliphatic rings. The van der Waals surface area contributed by atoms with Crippen molar-refractivity contribution in [3.8, 4) is 0 Å². The molecule has 4 bridgehead atoms. The molecular weight excluding hydrogens is 284 g/mol. The predicted molar refractivity (Wildman–Crippen MR) is 80.4 cm³/mol. The largest absolute Gasteiger partial charge is 0.373 e. The Morgan fingerprint density at radius 3 is 3.09 bits per heavy atom. The van der Waals surface area contributed by atoms with Crippen molar-refractivity contribution in [3.63, 3.8) is 0 Å². The molecule has 3 N–H and O–H groups in total. The lowest BCUT2D eigenvalue weighted by atomic mass is 10.3. The molecule has 0 aromatic carbocycles. The number of hydrogen-bond acceptors (Lipinski definition) is 6. The van der Waals surface area contributed by atoms with Crippen LogP contribution in [0.25, 0.3) is 5.65 Å². The highest BCUT2D eigenvalue weighted by molar-refractivity contribution is 6.00. The van der Waals surface area contributed by atoms with Gasteiger partial charge >= 0.3 is 0 Å². The molecule has 0 fully saturated rings. The first-order chi connectivity index (χ1) is 10.7. The molecule has 22 heavy (non-hydrogen) atoms. The first-order valence-corrected chi connectivity index (χ1v) is 6.89. The highest BCUT2D eigenvalue weighted by atomic mass is 16.1. The van der Waals surface area contributed by atoms with Gasteiger partial charge < -0.3 is 16.0 Å². The maximum absolute atomic E-state index is 12.3. The maximum Gasteiger partial charge on any atom is 0.256 e. The Labute approximate surface area is 125 Å². The number of aromatic nitrogens is 5. The Balaban J connectivity index is 1.92. The van der Waals surface area contributed by atoms with Gasteiger partial charge in [0.1, 0.15) is 17.2 Å². The number of anilines is 3. The summed E-state index contributed by atoms with van der Waals surface area (Å²) in [6.45, 7) is 1.08. The van der Waals surface area contributed by atoms with Crippen LogP contribution in [0.1, 0.15) is 10.4 Å². The molecule has 0 saturated carbocycles. The summed E-state index contributed by atoms with van der Waals surface area (Å²) in [5.41, 5.74) is 1.78. The van der Waals surface area contributed by atoms with Crippen molar-refractivity contribution < 1.29 is 4.79 Å². The molecule has 0 aliphatic carbocycles. The van der Waals surface area contributed by atoms with Crippen LogP contribution < -0.4 is 16.0 Å². The van der Waals surface area contributed by atoms with Gasteiger partial charge in [-0.25, -0.2) is 4.98 Å². The molecule has 3 aromatic rings. The normalized spacial score (nSPS) is 14.1. The molecule has 4 rings (SSSR count). The van der Waals surface area contributed by atoms with Gasteiger partial charge in [-0.05, 0) is 0 Å². The fraction of sp³-hybridized carbons (Fsp3) is 0.231. The van der Waals surface area contributed by atoms with E-state index in [9.17, 15) is 4.79 Å². The van der Waals surface area contributed by atoms with E-state index in [4.69, 9.17) is 0 Å². The number of rotatable bonds is 1. The number of hydrogen-bond donors (Lipinski definition) is 3.